The third kappa shape index (κ3) is 3.78. The number of nitrogens with two attached hydrogens (primary N) is 1. The Morgan fingerprint density at radius 1 is 1.16 bits per heavy atom. The molecule has 4 nitrogen and oxygen atoms in total. The molecule has 0 aromatic rings. The van der Waals surface area contributed by atoms with Gasteiger partial charge in [0.05, 0.1) is 10.5 Å². The van der Waals surface area contributed by atoms with E-state index in [4.69, 9.17) is 5.73 Å². The summed E-state index contributed by atoms with van der Waals surface area (Å²) in [6.07, 6.45) is 4.94. The smallest absolute Gasteiger partial charge is 0.155 e. The van der Waals surface area contributed by atoms with E-state index in [0.717, 1.165) is 32.1 Å². The Kier molecular flexibility index (Phi) is 5.18. The van der Waals surface area contributed by atoms with Crippen molar-refractivity contribution in [2.24, 2.45) is 11.1 Å². The topological polar surface area (TPSA) is 77.2 Å². The highest BCUT2D eigenvalue weighted by molar-refractivity contribution is 7.92. The van der Waals surface area contributed by atoms with Crippen LogP contribution in [0.2, 0.25) is 0 Å². The number of sulfone groups is 1. The van der Waals surface area contributed by atoms with Gasteiger partial charge in [0.15, 0.2) is 9.84 Å². The average Bonchev–Trinajstić information content (AvgIpc) is 2.35. The third-order valence-corrected chi connectivity index (χ3v) is 6.93. The fraction of sp³-hybridized carbons (Fsp3) is 0.929. The zero-order chi connectivity index (χ0) is 14.7. The molecule has 1 saturated carbocycles. The predicted octanol–water partition coefficient (Wildman–Crippen LogP) is 2.07. The fourth-order valence-electron chi connectivity index (χ4n) is 2.62. The predicted molar refractivity (Wildman–Crippen MR) is 77.7 cm³/mol. The summed E-state index contributed by atoms with van der Waals surface area (Å²) in [5, 5.41) is 0. The molecule has 0 saturated heterocycles. The van der Waals surface area contributed by atoms with Crippen LogP contribution in [0.1, 0.15) is 59.3 Å². The number of carbonyl (C=O) groups excluding carboxylic acids is 1. The van der Waals surface area contributed by atoms with E-state index in [1.54, 1.807) is 20.8 Å². The van der Waals surface area contributed by atoms with Crippen LogP contribution in [-0.4, -0.2) is 31.2 Å². The number of hydrogen-bond donors (Lipinski definition) is 1. The Morgan fingerprint density at radius 3 is 2.11 bits per heavy atom. The van der Waals surface area contributed by atoms with Crippen LogP contribution in [0.15, 0.2) is 0 Å². The Morgan fingerprint density at radius 2 is 1.68 bits per heavy atom. The summed E-state index contributed by atoms with van der Waals surface area (Å²) in [7, 11) is -3.23. The molecule has 1 aliphatic rings. The molecule has 1 fully saturated rings. The molecular weight excluding hydrogens is 262 g/mol. The van der Waals surface area contributed by atoms with E-state index in [1.807, 2.05) is 0 Å². The van der Waals surface area contributed by atoms with Crippen LogP contribution in [0.25, 0.3) is 0 Å². The molecule has 2 N–H and O–H groups in total. The van der Waals surface area contributed by atoms with E-state index in [2.05, 4.69) is 0 Å². The normalized spacial score (nSPS) is 20.2. The maximum absolute atomic E-state index is 12.4. The Bertz CT molecular complexity index is 414. The van der Waals surface area contributed by atoms with Gasteiger partial charge in [0.1, 0.15) is 5.78 Å². The second-order valence-corrected chi connectivity index (χ2v) is 9.51. The van der Waals surface area contributed by atoms with Crippen LogP contribution in [0.4, 0.5) is 0 Å². The molecule has 1 aliphatic carbocycles. The van der Waals surface area contributed by atoms with Crippen molar-refractivity contribution in [2.75, 3.05) is 12.3 Å². The van der Waals surface area contributed by atoms with Crippen LogP contribution in [0.3, 0.4) is 0 Å². The summed E-state index contributed by atoms with van der Waals surface area (Å²) < 4.78 is 23.3. The molecule has 0 aromatic heterocycles. The molecule has 0 bridgehead atoms. The molecule has 0 aromatic carbocycles. The molecule has 0 atom stereocenters. The van der Waals surface area contributed by atoms with Crippen LogP contribution >= 0.6 is 0 Å². The minimum Gasteiger partial charge on any atom is -0.329 e. The number of carbonyl (C=O) groups is 1. The number of ketones is 1. The summed E-state index contributed by atoms with van der Waals surface area (Å²) in [6.45, 7) is 5.37. The SMILES string of the molecule is CC(C)(C)S(=O)(=O)CCC(=O)C1(CN)CCCCC1. The number of rotatable bonds is 5. The molecule has 0 spiro atoms. The summed E-state index contributed by atoms with van der Waals surface area (Å²) in [5.41, 5.74) is 5.34. The van der Waals surface area contributed by atoms with Crippen molar-refractivity contribution >= 4 is 15.6 Å². The number of hydrogen-bond acceptors (Lipinski definition) is 4. The zero-order valence-electron chi connectivity index (χ0n) is 12.4. The molecule has 1 rings (SSSR count). The fourth-order valence-corrected chi connectivity index (χ4v) is 3.69. The van der Waals surface area contributed by atoms with Crippen LogP contribution in [0.5, 0.6) is 0 Å². The van der Waals surface area contributed by atoms with Gasteiger partial charge < -0.3 is 5.73 Å². The van der Waals surface area contributed by atoms with Crippen molar-refractivity contribution in [2.45, 2.75) is 64.0 Å². The first kappa shape index (κ1) is 16.6. The maximum Gasteiger partial charge on any atom is 0.155 e. The first-order chi connectivity index (χ1) is 8.65. The van der Waals surface area contributed by atoms with E-state index in [-0.39, 0.29) is 18.0 Å². The van der Waals surface area contributed by atoms with Crippen molar-refractivity contribution in [3.05, 3.63) is 0 Å². The van der Waals surface area contributed by atoms with Gasteiger partial charge in [-0.05, 0) is 33.6 Å². The molecular formula is C14H27NO3S. The lowest BCUT2D eigenvalue weighted by Crippen LogP contribution is -2.42. The molecule has 0 radical (unpaired) electrons. The molecule has 19 heavy (non-hydrogen) atoms. The maximum atomic E-state index is 12.4. The van der Waals surface area contributed by atoms with Crippen molar-refractivity contribution in [3.63, 3.8) is 0 Å². The highest BCUT2D eigenvalue weighted by Gasteiger charge is 2.39. The van der Waals surface area contributed by atoms with Crippen molar-refractivity contribution < 1.29 is 13.2 Å². The molecule has 0 unspecified atom stereocenters. The molecule has 0 amide bonds. The summed E-state index contributed by atoms with van der Waals surface area (Å²) in [6, 6.07) is 0. The van der Waals surface area contributed by atoms with Crippen molar-refractivity contribution in [1.29, 1.82) is 0 Å². The van der Waals surface area contributed by atoms with Crippen molar-refractivity contribution in [1.82, 2.24) is 0 Å². The molecule has 0 heterocycles. The Balaban J connectivity index is 2.69. The summed E-state index contributed by atoms with van der Waals surface area (Å²) >= 11 is 0. The zero-order valence-corrected chi connectivity index (χ0v) is 13.2. The van der Waals surface area contributed by atoms with Gasteiger partial charge in [-0.3, -0.25) is 4.79 Å². The minimum absolute atomic E-state index is 0.0440. The van der Waals surface area contributed by atoms with Gasteiger partial charge in [-0.2, -0.15) is 0 Å². The highest BCUT2D eigenvalue weighted by Crippen LogP contribution is 2.37. The Hall–Kier alpha value is -0.420. The van der Waals surface area contributed by atoms with E-state index in [9.17, 15) is 13.2 Å². The largest absolute Gasteiger partial charge is 0.329 e. The lowest BCUT2D eigenvalue weighted by molar-refractivity contribution is -0.129. The average molecular weight is 289 g/mol. The van der Waals surface area contributed by atoms with Gasteiger partial charge in [0, 0.05) is 18.4 Å². The first-order valence-electron chi connectivity index (χ1n) is 7.10. The summed E-state index contributed by atoms with van der Waals surface area (Å²) in [4.78, 5) is 12.4. The van der Waals surface area contributed by atoms with E-state index in [1.165, 1.54) is 0 Å². The highest BCUT2D eigenvalue weighted by atomic mass is 32.2. The van der Waals surface area contributed by atoms with Crippen LogP contribution in [0, 0.1) is 5.41 Å². The Labute approximate surface area is 117 Å². The number of Topliss-reactive ketones (excluding diaryl/α,β-unsaturated/α-hetero) is 1. The van der Waals surface area contributed by atoms with E-state index >= 15 is 0 Å². The molecule has 112 valence electrons. The van der Waals surface area contributed by atoms with Gasteiger partial charge in [-0.25, -0.2) is 8.42 Å². The van der Waals surface area contributed by atoms with Gasteiger partial charge >= 0.3 is 0 Å². The lowest BCUT2D eigenvalue weighted by Gasteiger charge is -2.35. The molecule has 0 aliphatic heterocycles. The molecule has 5 heteroatoms. The monoisotopic (exact) mass is 289 g/mol. The van der Waals surface area contributed by atoms with Gasteiger partial charge in [-0.1, -0.05) is 19.3 Å². The quantitative estimate of drug-likeness (QED) is 0.840. The van der Waals surface area contributed by atoms with Crippen LogP contribution < -0.4 is 5.73 Å². The minimum atomic E-state index is -3.23. The second-order valence-electron chi connectivity index (χ2n) is 6.65. The standard InChI is InChI=1S/C14H27NO3S/c1-13(2,3)19(17,18)10-7-12(16)14(11-15)8-5-4-6-9-14/h4-11,15H2,1-3H3. The first-order valence-corrected chi connectivity index (χ1v) is 8.75. The third-order valence-electron chi connectivity index (χ3n) is 4.32. The van der Waals surface area contributed by atoms with Gasteiger partial charge in [0.2, 0.25) is 0 Å². The van der Waals surface area contributed by atoms with E-state index < -0.39 is 20.0 Å². The van der Waals surface area contributed by atoms with Gasteiger partial charge in [-0.15, -0.1) is 0 Å². The summed E-state index contributed by atoms with van der Waals surface area (Å²) in [5.74, 6) is -0.0144. The lowest BCUT2D eigenvalue weighted by atomic mass is 9.70. The van der Waals surface area contributed by atoms with E-state index in [0.29, 0.717) is 6.54 Å². The van der Waals surface area contributed by atoms with Gasteiger partial charge in [0.25, 0.3) is 0 Å². The van der Waals surface area contributed by atoms with Crippen LogP contribution in [-0.2, 0) is 14.6 Å². The second kappa shape index (κ2) is 5.92. The van der Waals surface area contributed by atoms with Crippen molar-refractivity contribution in [3.8, 4) is 0 Å².